The summed E-state index contributed by atoms with van der Waals surface area (Å²) in [6.07, 6.45) is 4.19. The molecular formula is C18H24O2. The van der Waals surface area contributed by atoms with Gasteiger partial charge < -0.3 is 4.74 Å². The first-order valence-corrected chi connectivity index (χ1v) is 7.42. The van der Waals surface area contributed by atoms with E-state index in [1.807, 2.05) is 24.3 Å². The van der Waals surface area contributed by atoms with Crippen molar-refractivity contribution in [2.45, 2.75) is 33.6 Å². The standard InChI is InChI=1S/C18H24O2/c1-12(2)16-10-5-13(3)17(18(16)19)11-14-6-8-15(20-4)9-7-14/h6-9,11-13,16H,5,10H2,1-4H3/b17-11+/t13-,16+/m1/s1. The van der Waals surface area contributed by atoms with Crippen LogP contribution in [0.2, 0.25) is 0 Å². The number of ketones is 1. The molecule has 20 heavy (non-hydrogen) atoms. The Labute approximate surface area is 121 Å². The lowest BCUT2D eigenvalue weighted by Gasteiger charge is -2.30. The van der Waals surface area contributed by atoms with E-state index in [4.69, 9.17) is 4.74 Å². The Morgan fingerprint density at radius 3 is 2.40 bits per heavy atom. The SMILES string of the molecule is COc1ccc(/C=C2/C(=O)[C@H](C(C)C)CC[C@H]2C)cc1. The summed E-state index contributed by atoms with van der Waals surface area (Å²) in [6.45, 7) is 6.44. The summed E-state index contributed by atoms with van der Waals surface area (Å²) in [4.78, 5) is 12.6. The van der Waals surface area contributed by atoms with Crippen molar-refractivity contribution in [3.8, 4) is 5.75 Å². The largest absolute Gasteiger partial charge is 0.497 e. The van der Waals surface area contributed by atoms with Gasteiger partial charge in [-0.1, -0.05) is 32.9 Å². The van der Waals surface area contributed by atoms with E-state index in [2.05, 4.69) is 26.8 Å². The molecule has 2 rings (SSSR count). The van der Waals surface area contributed by atoms with Gasteiger partial charge in [0.15, 0.2) is 5.78 Å². The normalized spacial score (nSPS) is 25.2. The van der Waals surface area contributed by atoms with Crippen molar-refractivity contribution in [3.63, 3.8) is 0 Å². The maximum absolute atomic E-state index is 12.6. The lowest BCUT2D eigenvalue weighted by atomic mass is 9.73. The van der Waals surface area contributed by atoms with Crippen LogP contribution in [0.15, 0.2) is 29.8 Å². The molecule has 0 unspecified atom stereocenters. The van der Waals surface area contributed by atoms with Crippen molar-refractivity contribution < 1.29 is 9.53 Å². The van der Waals surface area contributed by atoms with E-state index in [1.165, 1.54) is 0 Å². The summed E-state index contributed by atoms with van der Waals surface area (Å²) < 4.78 is 5.16. The molecule has 0 saturated heterocycles. The van der Waals surface area contributed by atoms with E-state index in [0.717, 1.165) is 29.7 Å². The molecule has 1 aromatic carbocycles. The Hall–Kier alpha value is -1.57. The molecule has 0 amide bonds. The molecule has 0 aromatic heterocycles. The molecule has 1 aliphatic carbocycles. The van der Waals surface area contributed by atoms with E-state index < -0.39 is 0 Å². The van der Waals surface area contributed by atoms with Crippen molar-refractivity contribution in [2.75, 3.05) is 7.11 Å². The molecule has 0 heterocycles. The molecule has 0 aliphatic heterocycles. The second kappa shape index (κ2) is 6.25. The molecule has 1 aromatic rings. The highest BCUT2D eigenvalue weighted by molar-refractivity contribution is 6.02. The van der Waals surface area contributed by atoms with Crippen LogP contribution >= 0.6 is 0 Å². The fourth-order valence-electron chi connectivity index (χ4n) is 2.90. The Morgan fingerprint density at radius 1 is 1.20 bits per heavy atom. The zero-order chi connectivity index (χ0) is 14.7. The van der Waals surface area contributed by atoms with Crippen molar-refractivity contribution in [2.24, 2.45) is 17.8 Å². The van der Waals surface area contributed by atoms with Crippen molar-refractivity contribution in [3.05, 3.63) is 35.4 Å². The number of rotatable bonds is 3. The third kappa shape index (κ3) is 3.12. The Kier molecular flexibility index (Phi) is 4.64. The van der Waals surface area contributed by atoms with Crippen LogP contribution in [0.3, 0.4) is 0 Å². The average molecular weight is 272 g/mol. The number of carbonyl (C=O) groups is 1. The Bertz CT molecular complexity index is 497. The van der Waals surface area contributed by atoms with Crippen LogP contribution in [0.4, 0.5) is 0 Å². The Balaban J connectivity index is 2.27. The summed E-state index contributed by atoms with van der Waals surface area (Å²) in [5.41, 5.74) is 2.06. The molecule has 0 bridgehead atoms. The van der Waals surface area contributed by atoms with Gasteiger partial charge in [-0.05, 0) is 54.0 Å². The van der Waals surface area contributed by atoms with E-state index in [0.29, 0.717) is 17.6 Å². The van der Waals surface area contributed by atoms with Gasteiger partial charge in [0, 0.05) is 5.92 Å². The van der Waals surface area contributed by atoms with Gasteiger partial charge in [0.1, 0.15) is 5.75 Å². The first-order valence-electron chi connectivity index (χ1n) is 7.42. The fraction of sp³-hybridized carbons (Fsp3) is 0.500. The van der Waals surface area contributed by atoms with Crippen LogP contribution in [-0.2, 0) is 4.79 Å². The fourth-order valence-corrected chi connectivity index (χ4v) is 2.90. The Morgan fingerprint density at radius 2 is 1.85 bits per heavy atom. The zero-order valence-electron chi connectivity index (χ0n) is 12.8. The molecule has 2 heteroatoms. The van der Waals surface area contributed by atoms with Gasteiger partial charge in [-0.25, -0.2) is 0 Å². The summed E-state index contributed by atoms with van der Waals surface area (Å²) in [7, 11) is 1.66. The van der Waals surface area contributed by atoms with Crippen LogP contribution < -0.4 is 4.74 Å². The molecule has 0 radical (unpaired) electrons. The van der Waals surface area contributed by atoms with E-state index in [-0.39, 0.29) is 5.92 Å². The quantitative estimate of drug-likeness (QED) is 0.765. The van der Waals surface area contributed by atoms with E-state index in [9.17, 15) is 4.79 Å². The minimum absolute atomic E-state index is 0.190. The lowest BCUT2D eigenvalue weighted by molar-refractivity contribution is -0.122. The zero-order valence-corrected chi connectivity index (χ0v) is 12.8. The monoisotopic (exact) mass is 272 g/mol. The molecular weight excluding hydrogens is 248 g/mol. The predicted molar refractivity (Wildman–Crippen MR) is 82.7 cm³/mol. The van der Waals surface area contributed by atoms with E-state index in [1.54, 1.807) is 7.11 Å². The highest BCUT2D eigenvalue weighted by Gasteiger charge is 2.32. The first kappa shape index (κ1) is 14.8. The van der Waals surface area contributed by atoms with Crippen LogP contribution in [-0.4, -0.2) is 12.9 Å². The number of hydrogen-bond acceptors (Lipinski definition) is 2. The number of Topliss-reactive ketones (excluding diaryl/α,β-unsaturated/α-hetero) is 1. The first-order chi connectivity index (χ1) is 9.52. The molecule has 0 N–H and O–H groups in total. The average Bonchev–Trinajstić information content (AvgIpc) is 2.43. The number of methoxy groups -OCH3 is 1. The maximum Gasteiger partial charge on any atom is 0.162 e. The van der Waals surface area contributed by atoms with Crippen molar-refractivity contribution in [1.29, 1.82) is 0 Å². The topological polar surface area (TPSA) is 26.3 Å². The van der Waals surface area contributed by atoms with Gasteiger partial charge >= 0.3 is 0 Å². The van der Waals surface area contributed by atoms with Gasteiger partial charge in [0.05, 0.1) is 7.11 Å². The van der Waals surface area contributed by atoms with E-state index >= 15 is 0 Å². The maximum atomic E-state index is 12.6. The molecule has 0 spiro atoms. The van der Waals surface area contributed by atoms with Crippen molar-refractivity contribution >= 4 is 11.9 Å². The number of carbonyl (C=O) groups excluding carboxylic acids is 1. The number of ether oxygens (including phenoxy) is 1. The number of hydrogen-bond donors (Lipinski definition) is 0. The summed E-state index contributed by atoms with van der Waals surface area (Å²) >= 11 is 0. The minimum Gasteiger partial charge on any atom is -0.497 e. The summed E-state index contributed by atoms with van der Waals surface area (Å²) in [5, 5.41) is 0. The second-order valence-corrected chi connectivity index (χ2v) is 6.07. The third-order valence-corrected chi connectivity index (χ3v) is 4.31. The summed E-state index contributed by atoms with van der Waals surface area (Å²) in [5.74, 6) is 2.16. The van der Waals surface area contributed by atoms with Gasteiger partial charge in [0.25, 0.3) is 0 Å². The third-order valence-electron chi connectivity index (χ3n) is 4.31. The molecule has 1 saturated carbocycles. The van der Waals surface area contributed by atoms with Crippen LogP contribution in [0, 0.1) is 17.8 Å². The molecule has 1 fully saturated rings. The summed E-state index contributed by atoms with van der Waals surface area (Å²) in [6, 6.07) is 7.88. The smallest absolute Gasteiger partial charge is 0.162 e. The molecule has 2 atom stereocenters. The molecule has 108 valence electrons. The van der Waals surface area contributed by atoms with Crippen LogP contribution in [0.25, 0.3) is 6.08 Å². The number of allylic oxidation sites excluding steroid dienone is 1. The van der Waals surface area contributed by atoms with Gasteiger partial charge in [-0.2, -0.15) is 0 Å². The lowest BCUT2D eigenvalue weighted by Crippen LogP contribution is -2.30. The van der Waals surface area contributed by atoms with Gasteiger partial charge in [-0.3, -0.25) is 4.79 Å². The minimum atomic E-state index is 0.190. The second-order valence-electron chi connectivity index (χ2n) is 6.07. The molecule has 1 aliphatic rings. The molecule has 2 nitrogen and oxygen atoms in total. The van der Waals surface area contributed by atoms with Crippen LogP contribution in [0.5, 0.6) is 5.75 Å². The van der Waals surface area contributed by atoms with Crippen LogP contribution in [0.1, 0.15) is 39.2 Å². The van der Waals surface area contributed by atoms with Gasteiger partial charge in [-0.15, -0.1) is 0 Å². The van der Waals surface area contributed by atoms with Gasteiger partial charge in [0.2, 0.25) is 0 Å². The predicted octanol–water partition coefficient (Wildman–Crippen LogP) is 4.35. The van der Waals surface area contributed by atoms with Crippen molar-refractivity contribution in [1.82, 2.24) is 0 Å². The highest BCUT2D eigenvalue weighted by atomic mass is 16.5. The number of benzene rings is 1. The highest BCUT2D eigenvalue weighted by Crippen LogP contribution is 2.35.